The van der Waals surface area contributed by atoms with E-state index < -0.39 is 11.9 Å². The van der Waals surface area contributed by atoms with E-state index in [2.05, 4.69) is 16.9 Å². The smallest absolute Gasteiger partial charge is 0.308 e. The molecule has 7 heteroatoms. The second kappa shape index (κ2) is 5.38. The normalized spacial score (nSPS) is 25.4. The van der Waals surface area contributed by atoms with Crippen LogP contribution in [-0.2, 0) is 4.79 Å². The Morgan fingerprint density at radius 1 is 1.43 bits per heavy atom. The van der Waals surface area contributed by atoms with Crippen LogP contribution in [0.1, 0.15) is 22.5 Å². The van der Waals surface area contributed by atoms with Crippen molar-refractivity contribution < 1.29 is 14.7 Å². The predicted octanol–water partition coefficient (Wildman–Crippen LogP) is 1.01. The maximum atomic E-state index is 12.5. The number of aliphatic carboxylic acids is 1. The first-order valence-electron chi connectivity index (χ1n) is 7.11. The Bertz CT molecular complexity index is 538. The summed E-state index contributed by atoms with van der Waals surface area (Å²) in [5.41, 5.74) is 1.36. The van der Waals surface area contributed by atoms with Gasteiger partial charge in [-0.25, -0.2) is 0 Å². The number of thiazole rings is 1. The van der Waals surface area contributed by atoms with Crippen molar-refractivity contribution in [2.45, 2.75) is 12.8 Å². The Balaban J connectivity index is 1.81. The van der Waals surface area contributed by atoms with E-state index in [1.54, 1.807) is 16.6 Å². The van der Waals surface area contributed by atoms with E-state index in [1.165, 1.54) is 11.3 Å². The summed E-state index contributed by atoms with van der Waals surface area (Å²) in [6, 6.07) is 0. The van der Waals surface area contributed by atoms with Gasteiger partial charge < -0.3 is 14.9 Å². The number of rotatable bonds is 2. The summed E-state index contributed by atoms with van der Waals surface area (Å²) in [5.74, 6) is -1.32. The zero-order valence-electron chi connectivity index (χ0n) is 12.0. The SMILES string of the molecule is CN1CCC2(CC1)CN(C(=O)c1cncs1)CC2C(=O)O. The van der Waals surface area contributed by atoms with E-state index >= 15 is 0 Å². The van der Waals surface area contributed by atoms with E-state index in [1.807, 2.05) is 0 Å². The van der Waals surface area contributed by atoms with Gasteiger partial charge in [-0.3, -0.25) is 14.6 Å². The molecule has 3 heterocycles. The Kier molecular flexibility index (Phi) is 3.71. The number of nitrogens with zero attached hydrogens (tertiary/aromatic N) is 3. The number of amides is 1. The molecule has 0 aliphatic carbocycles. The zero-order valence-corrected chi connectivity index (χ0v) is 12.8. The van der Waals surface area contributed by atoms with Crippen molar-refractivity contribution in [2.75, 3.05) is 33.2 Å². The van der Waals surface area contributed by atoms with E-state index in [0.717, 1.165) is 25.9 Å². The van der Waals surface area contributed by atoms with Gasteiger partial charge in [-0.05, 0) is 33.0 Å². The summed E-state index contributed by atoms with van der Waals surface area (Å²) in [6.07, 6.45) is 3.24. The molecule has 2 saturated heterocycles. The monoisotopic (exact) mass is 309 g/mol. The highest BCUT2D eigenvalue weighted by Crippen LogP contribution is 2.45. The van der Waals surface area contributed by atoms with Gasteiger partial charge in [0.15, 0.2) is 0 Å². The standard InChI is InChI=1S/C14H19N3O3S/c1-16-4-2-14(3-5-16)8-17(7-10(14)13(19)20)12(18)11-6-15-9-21-11/h6,9-10H,2-5,7-8H2,1H3,(H,19,20). The van der Waals surface area contributed by atoms with Crippen LogP contribution in [0, 0.1) is 11.3 Å². The van der Waals surface area contributed by atoms with Crippen molar-refractivity contribution in [3.63, 3.8) is 0 Å². The minimum Gasteiger partial charge on any atom is -0.481 e. The summed E-state index contributed by atoms with van der Waals surface area (Å²) in [7, 11) is 2.05. The maximum absolute atomic E-state index is 12.5. The van der Waals surface area contributed by atoms with Crippen LogP contribution in [0.4, 0.5) is 0 Å². The van der Waals surface area contributed by atoms with Crippen molar-refractivity contribution in [1.29, 1.82) is 0 Å². The third kappa shape index (κ3) is 2.55. The van der Waals surface area contributed by atoms with Crippen LogP contribution in [-0.4, -0.2) is 65.0 Å². The number of hydrogen-bond acceptors (Lipinski definition) is 5. The van der Waals surface area contributed by atoms with Crippen molar-refractivity contribution in [3.8, 4) is 0 Å². The topological polar surface area (TPSA) is 73.7 Å². The van der Waals surface area contributed by atoms with Gasteiger partial charge in [-0.1, -0.05) is 0 Å². The van der Waals surface area contributed by atoms with E-state index in [4.69, 9.17) is 0 Å². The molecule has 2 aliphatic heterocycles. The lowest BCUT2D eigenvalue weighted by molar-refractivity contribution is -0.145. The predicted molar refractivity (Wildman–Crippen MR) is 78.3 cm³/mol. The Labute approximate surface area is 127 Å². The third-order valence-corrected chi connectivity index (χ3v) is 5.62. The van der Waals surface area contributed by atoms with E-state index in [-0.39, 0.29) is 11.3 Å². The van der Waals surface area contributed by atoms with Crippen LogP contribution < -0.4 is 0 Å². The lowest BCUT2D eigenvalue weighted by atomic mass is 9.71. The first kappa shape index (κ1) is 14.5. The van der Waals surface area contributed by atoms with Gasteiger partial charge in [-0.2, -0.15) is 0 Å². The molecule has 3 rings (SSSR count). The number of piperidine rings is 1. The van der Waals surface area contributed by atoms with Crippen LogP contribution >= 0.6 is 11.3 Å². The van der Waals surface area contributed by atoms with Crippen molar-refractivity contribution in [2.24, 2.45) is 11.3 Å². The average Bonchev–Trinajstić information content (AvgIpc) is 3.10. The Hall–Kier alpha value is -1.47. The van der Waals surface area contributed by atoms with Gasteiger partial charge in [0.1, 0.15) is 4.88 Å². The molecule has 0 bridgehead atoms. The molecule has 6 nitrogen and oxygen atoms in total. The fourth-order valence-corrected chi connectivity index (χ4v) is 4.10. The second-order valence-corrected chi connectivity index (χ2v) is 6.99. The number of carbonyl (C=O) groups excluding carboxylic acids is 1. The molecular weight excluding hydrogens is 290 g/mol. The first-order valence-corrected chi connectivity index (χ1v) is 7.99. The highest BCUT2D eigenvalue weighted by molar-refractivity contribution is 7.11. The molecule has 1 aromatic heterocycles. The van der Waals surface area contributed by atoms with E-state index in [0.29, 0.717) is 18.0 Å². The number of carbonyl (C=O) groups is 2. The van der Waals surface area contributed by atoms with Gasteiger partial charge in [0.25, 0.3) is 5.91 Å². The molecule has 1 N–H and O–H groups in total. The molecule has 2 aliphatic rings. The lowest BCUT2D eigenvalue weighted by Gasteiger charge is -2.39. The summed E-state index contributed by atoms with van der Waals surface area (Å²) in [5, 5.41) is 9.57. The Morgan fingerprint density at radius 3 is 2.71 bits per heavy atom. The Morgan fingerprint density at radius 2 is 2.14 bits per heavy atom. The molecule has 21 heavy (non-hydrogen) atoms. The zero-order chi connectivity index (χ0) is 15.0. The summed E-state index contributed by atoms with van der Waals surface area (Å²) in [6.45, 7) is 2.66. The van der Waals surface area contributed by atoms with Gasteiger partial charge in [0.2, 0.25) is 0 Å². The molecule has 0 saturated carbocycles. The van der Waals surface area contributed by atoms with Crippen LogP contribution in [0.3, 0.4) is 0 Å². The molecule has 1 spiro atoms. The number of likely N-dealkylation sites (tertiary alicyclic amines) is 2. The summed E-state index contributed by atoms with van der Waals surface area (Å²) in [4.78, 5) is 32.6. The van der Waals surface area contributed by atoms with Crippen molar-refractivity contribution >= 4 is 23.2 Å². The number of carboxylic acids is 1. The van der Waals surface area contributed by atoms with Gasteiger partial charge in [-0.15, -0.1) is 11.3 Å². The van der Waals surface area contributed by atoms with Gasteiger partial charge in [0, 0.05) is 18.5 Å². The summed E-state index contributed by atoms with van der Waals surface area (Å²) >= 11 is 1.30. The highest BCUT2D eigenvalue weighted by atomic mass is 32.1. The largest absolute Gasteiger partial charge is 0.481 e. The molecule has 1 amide bonds. The van der Waals surface area contributed by atoms with Crippen LogP contribution in [0.2, 0.25) is 0 Å². The quantitative estimate of drug-likeness (QED) is 0.882. The molecule has 2 fully saturated rings. The van der Waals surface area contributed by atoms with Gasteiger partial charge in [0.05, 0.1) is 17.6 Å². The number of hydrogen-bond donors (Lipinski definition) is 1. The van der Waals surface area contributed by atoms with Crippen LogP contribution in [0.25, 0.3) is 0 Å². The molecule has 1 aromatic rings. The van der Waals surface area contributed by atoms with Crippen molar-refractivity contribution in [1.82, 2.24) is 14.8 Å². The van der Waals surface area contributed by atoms with E-state index in [9.17, 15) is 14.7 Å². The highest BCUT2D eigenvalue weighted by Gasteiger charge is 2.52. The maximum Gasteiger partial charge on any atom is 0.308 e. The van der Waals surface area contributed by atoms with Crippen LogP contribution in [0.5, 0.6) is 0 Å². The molecule has 1 unspecified atom stereocenters. The summed E-state index contributed by atoms with van der Waals surface area (Å²) < 4.78 is 0. The fourth-order valence-electron chi connectivity index (χ4n) is 3.51. The lowest BCUT2D eigenvalue weighted by Crippen LogP contribution is -2.45. The minimum absolute atomic E-state index is 0.0837. The fraction of sp³-hybridized carbons (Fsp3) is 0.643. The first-order chi connectivity index (χ1) is 10.0. The second-order valence-electron chi connectivity index (χ2n) is 6.11. The molecule has 0 radical (unpaired) electrons. The van der Waals surface area contributed by atoms with Crippen LogP contribution in [0.15, 0.2) is 11.7 Å². The molecule has 114 valence electrons. The minimum atomic E-state index is -0.779. The number of carboxylic acid groups (broad SMARTS) is 1. The molecule has 0 aromatic carbocycles. The average molecular weight is 309 g/mol. The molecule has 1 atom stereocenters. The van der Waals surface area contributed by atoms with Gasteiger partial charge >= 0.3 is 5.97 Å². The van der Waals surface area contributed by atoms with Crippen molar-refractivity contribution in [3.05, 3.63) is 16.6 Å². The third-order valence-electron chi connectivity index (χ3n) is 4.86. The molecular formula is C14H19N3O3S. The number of aromatic nitrogens is 1.